The Bertz CT molecular complexity index is 847. The van der Waals surface area contributed by atoms with Crippen LogP contribution in [0.4, 0.5) is 10.1 Å². The predicted molar refractivity (Wildman–Crippen MR) is 99.6 cm³/mol. The fourth-order valence-electron chi connectivity index (χ4n) is 5.26. The average Bonchev–Trinajstić information content (AvgIpc) is 3.38. The first kappa shape index (κ1) is 17.4. The van der Waals surface area contributed by atoms with Gasteiger partial charge in [0, 0.05) is 26.2 Å². The average molecular weight is 383 g/mol. The molecule has 1 aromatic rings. The molecular formula is C21H22FN3O3. The van der Waals surface area contributed by atoms with Crippen molar-refractivity contribution >= 4 is 23.4 Å². The Hall–Kier alpha value is -2.70. The minimum atomic E-state index is -0.273. The largest absolute Gasteiger partial charge is 0.366 e. The number of carbonyl (C=O) groups is 3. The van der Waals surface area contributed by atoms with E-state index in [0.717, 1.165) is 6.42 Å². The molecule has 4 aliphatic rings. The van der Waals surface area contributed by atoms with E-state index in [1.165, 1.54) is 11.0 Å². The highest BCUT2D eigenvalue weighted by molar-refractivity contribution is 6.08. The SMILES string of the molecule is O=C(CN1C(=O)[C@@H]2[C@H](C1=O)[C@@H]1C=C[C@H]2C1)N1CCN(c2ccccc2F)CC1. The number of fused-ring (bicyclic) bond motifs is 5. The van der Waals surface area contributed by atoms with Crippen LogP contribution in [0.15, 0.2) is 36.4 Å². The van der Waals surface area contributed by atoms with Gasteiger partial charge in [-0.15, -0.1) is 0 Å². The summed E-state index contributed by atoms with van der Waals surface area (Å²) in [5.41, 5.74) is 0.537. The standard InChI is InChI=1S/C21H22FN3O3/c22-15-3-1-2-4-16(15)23-7-9-24(10-8-23)17(26)12-25-20(27)18-13-5-6-14(11-13)19(18)21(25)28/h1-6,13-14,18-19H,7-12H2/t13-,14+,18-,19+. The Kier molecular flexibility index (Phi) is 4.00. The number of hydrogen-bond donors (Lipinski definition) is 0. The van der Waals surface area contributed by atoms with E-state index in [-0.39, 0.29) is 53.8 Å². The van der Waals surface area contributed by atoms with Gasteiger partial charge in [0.15, 0.2) is 0 Å². The quantitative estimate of drug-likeness (QED) is 0.583. The number of allylic oxidation sites excluding steroid dienone is 2. The molecule has 0 spiro atoms. The Balaban J connectivity index is 1.21. The van der Waals surface area contributed by atoms with Crippen molar-refractivity contribution in [2.45, 2.75) is 6.42 Å². The molecule has 146 valence electrons. The van der Waals surface area contributed by atoms with Gasteiger partial charge in [0.25, 0.3) is 0 Å². The first-order chi connectivity index (χ1) is 13.5. The number of anilines is 1. The third-order valence-electron chi connectivity index (χ3n) is 6.68. The van der Waals surface area contributed by atoms with Crippen molar-refractivity contribution in [3.63, 3.8) is 0 Å². The van der Waals surface area contributed by atoms with Crippen molar-refractivity contribution in [2.24, 2.45) is 23.7 Å². The predicted octanol–water partition coefficient (Wildman–Crippen LogP) is 1.28. The number of halogens is 1. The normalized spacial score (nSPS) is 31.1. The molecule has 3 amide bonds. The molecule has 2 aliphatic heterocycles. The molecule has 1 saturated carbocycles. The number of likely N-dealkylation sites (tertiary alicyclic amines) is 1. The van der Waals surface area contributed by atoms with Crippen LogP contribution in [0.1, 0.15) is 6.42 Å². The molecule has 2 bridgehead atoms. The summed E-state index contributed by atoms with van der Waals surface area (Å²) < 4.78 is 14.0. The van der Waals surface area contributed by atoms with Gasteiger partial charge >= 0.3 is 0 Å². The Labute approximate surface area is 162 Å². The van der Waals surface area contributed by atoms with E-state index in [2.05, 4.69) is 0 Å². The van der Waals surface area contributed by atoms with Gasteiger partial charge in [-0.2, -0.15) is 0 Å². The molecule has 1 aromatic carbocycles. The van der Waals surface area contributed by atoms with Crippen LogP contribution in [0.25, 0.3) is 0 Å². The molecule has 2 saturated heterocycles. The zero-order chi connectivity index (χ0) is 19.4. The summed E-state index contributed by atoms with van der Waals surface area (Å²) in [4.78, 5) is 42.9. The third-order valence-corrected chi connectivity index (χ3v) is 6.68. The molecule has 4 atom stereocenters. The first-order valence-corrected chi connectivity index (χ1v) is 9.85. The van der Waals surface area contributed by atoms with Crippen LogP contribution in [0.5, 0.6) is 0 Å². The second kappa shape index (κ2) is 6.43. The maximum Gasteiger partial charge on any atom is 0.242 e. The highest BCUT2D eigenvalue weighted by Gasteiger charge is 2.59. The summed E-state index contributed by atoms with van der Waals surface area (Å²) in [5, 5.41) is 0. The van der Waals surface area contributed by atoms with Gasteiger partial charge in [-0.3, -0.25) is 19.3 Å². The number of para-hydroxylation sites is 1. The number of amides is 3. The van der Waals surface area contributed by atoms with E-state index in [1.807, 2.05) is 17.1 Å². The second-order valence-corrected chi connectivity index (χ2v) is 8.08. The van der Waals surface area contributed by atoms with Crippen molar-refractivity contribution in [2.75, 3.05) is 37.6 Å². The summed E-state index contributed by atoms with van der Waals surface area (Å²) in [6, 6.07) is 6.60. The molecule has 2 aliphatic carbocycles. The third kappa shape index (κ3) is 2.56. The first-order valence-electron chi connectivity index (χ1n) is 9.85. The Morgan fingerprint density at radius 1 is 0.964 bits per heavy atom. The van der Waals surface area contributed by atoms with Crippen molar-refractivity contribution in [3.05, 3.63) is 42.2 Å². The van der Waals surface area contributed by atoms with Gasteiger partial charge in [-0.05, 0) is 30.4 Å². The zero-order valence-corrected chi connectivity index (χ0v) is 15.5. The highest BCUT2D eigenvalue weighted by atomic mass is 19.1. The van der Waals surface area contributed by atoms with Crippen LogP contribution in [-0.2, 0) is 14.4 Å². The van der Waals surface area contributed by atoms with E-state index >= 15 is 0 Å². The van der Waals surface area contributed by atoms with Crippen LogP contribution >= 0.6 is 0 Å². The van der Waals surface area contributed by atoms with Crippen LogP contribution in [0.3, 0.4) is 0 Å². The molecule has 0 aromatic heterocycles. The molecule has 3 fully saturated rings. The van der Waals surface area contributed by atoms with E-state index in [1.54, 1.807) is 23.1 Å². The maximum atomic E-state index is 14.0. The number of rotatable bonds is 3. The van der Waals surface area contributed by atoms with Crippen LogP contribution in [-0.4, -0.2) is 60.2 Å². The molecule has 28 heavy (non-hydrogen) atoms. The van der Waals surface area contributed by atoms with Gasteiger partial charge < -0.3 is 9.80 Å². The van der Waals surface area contributed by atoms with E-state index in [4.69, 9.17) is 0 Å². The van der Waals surface area contributed by atoms with Crippen LogP contribution < -0.4 is 4.90 Å². The summed E-state index contributed by atoms with van der Waals surface area (Å²) >= 11 is 0. The number of benzene rings is 1. The minimum Gasteiger partial charge on any atom is -0.366 e. The lowest BCUT2D eigenvalue weighted by Crippen LogP contribution is -2.52. The van der Waals surface area contributed by atoms with Gasteiger partial charge in [0.05, 0.1) is 17.5 Å². The van der Waals surface area contributed by atoms with E-state index < -0.39 is 0 Å². The monoisotopic (exact) mass is 383 g/mol. The molecule has 5 rings (SSSR count). The number of carbonyl (C=O) groups excluding carboxylic acids is 3. The number of nitrogens with zero attached hydrogens (tertiary/aromatic N) is 3. The Morgan fingerprint density at radius 3 is 2.18 bits per heavy atom. The van der Waals surface area contributed by atoms with Gasteiger partial charge in [0.1, 0.15) is 12.4 Å². The molecule has 2 heterocycles. The van der Waals surface area contributed by atoms with Crippen molar-refractivity contribution in [3.8, 4) is 0 Å². The minimum absolute atomic E-state index is 0.149. The van der Waals surface area contributed by atoms with Crippen molar-refractivity contribution in [1.82, 2.24) is 9.80 Å². The highest BCUT2D eigenvalue weighted by Crippen LogP contribution is 2.52. The van der Waals surface area contributed by atoms with Crippen molar-refractivity contribution < 1.29 is 18.8 Å². The number of piperazine rings is 1. The Morgan fingerprint density at radius 2 is 1.57 bits per heavy atom. The zero-order valence-electron chi connectivity index (χ0n) is 15.5. The second-order valence-electron chi connectivity index (χ2n) is 8.08. The molecular weight excluding hydrogens is 361 g/mol. The van der Waals surface area contributed by atoms with Gasteiger partial charge in [0.2, 0.25) is 17.7 Å². The lowest BCUT2D eigenvalue weighted by molar-refractivity contribution is -0.147. The molecule has 0 N–H and O–H groups in total. The van der Waals surface area contributed by atoms with Crippen molar-refractivity contribution in [1.29, 1.82) is 0 Å². The molecule has 0 unspecified atom stereocenters. The fraction of sp³-hybridized carbons (Fsp3) is 0.476. The fourth-order valence-corrected chi connectivity index (χ4v) is 5.26. The molecule has 7 heteroatoms. The number of hydrogen-bond acceptors (Lipinski definition) is 4. The summed E-state index contributed by atoms with van der Waals surface area (Å²) in [7, 11) is 0. The van der Waals surface area contributed by atoms with E-state index in [0.29, 0.717) is 31.9 Å². The smallest absolute Gasteiger partial charge is 0.242 e. The topological polar surface area (TPSA) is 60.9 Å². The van der Waals surface area contributed by atoms with Gasteiger partial charge in [-0.25, -0.2) is 4.39 Å². The summed E-state index contributed by atoms with van der Waals surface area (Å²) in [6.45, 7) is 1.76. The van der Waals surface area contributed by atoms with Gasteiger partial charge in [-0.1, -0.05) is 24.3 Å². The summed E-state index contributed by atoms with van der Waals surface area (Å²) in [6.07, 6.45) is 4.97. The lowest BCUT2D eigenvalue weighted by Gasteiger charge is -2.36. The molecule has 6 nitrogen and oxygen atoms in total. The van der Waals surface area contributed by atoms with Crippen LogP contribution in [0.2, 0.25) is 0 Å². The van der Waals surface area contributed by atoms with E-state index in [9.17, 15) is 18.8 Å². The number of imide groups is 1. The lowest BCUT2D eigenvalue weighted by atomic mass is 9.85. The van der Waals surface area contributed by atoms with Crippen LogP contribution in [0, 0.1) is 29.5 Å². The molecule has 0 radical (unpaired) electrons. The maximum absolute atomic E-state index is 14.0. The summed E-state index contributed by atoms with van der Waals surface area (Å²) in [5.74, 6) is -1.11.